The van der Waals surface area contributed by atoms with Crippen LogP contribution in [0.15, 0.2) is 70.3 Å². The fourth-order valence-corrected chi connectivity index (χ4v) is 5.24. The quantitative estimate of drug-likeness (QED) is 0.148. The van der Waals surface area contributed by atoms with Crippen LogP contribution in [0.5, 0.6) is 0 Å². The number of nitro benzene ring substituents is 1. The van der Waals surface area contributed by atoms with Crippen molar-refractivity contribution in [2.45, 2.75) is 19.9 Å². The predicted molar refractivity (Wildman–Crippen MR) is 136 cm³/mol. The van der Waals surface area contributed by atoms with Crippen LogP contribution in [0, 0.1) is 17.0 Å². The van der Waals surface area contributed by atoms with Crippen molar-refractivity contribution in [3.63, 3.8) is 0 Å². The standard InChI is InChI=1S/C26H19N3O8S/c1-3-36-25(33)23-13(2)27-26(38-23)28-20(15-8-6-9-16(11-15)29(34)35)19(22(31)24(28)32)21(30)18-12-14-7-4-5-10-17(14)37-18/h4-12,20,31H,3H2,1-2H3. The highest BCUT2D eigenvalue weighted by Crippen LogP contribution is 2.44. The van der Waals surface area contributed by atoms with E-state index in [1.165, 1.54) is 30.3 Å². The number of aliphatic hydroxyl groups excluding tert-OH is 1. The maximum atomic E-state index is 13.7. The molecule has 0 spiro atoms. The van der Waals surface area contributed by atoms with E-state index in [1.54, 1.807) is 38.1 Å². The lowest BCUT2D eigenvalue weighted by Crippen LogP contribution is -2.31. The Morgan fingerprint density at radius 2 is 1.97 bits per heavy atom. The number of para-hydroxylation sites is 1. The fraction of sp³-hybridized carbons (Fsp3) is 0.154. The van der Waals surface area contributed by atoms with Crippen LogP contribution >= 0.6 is 11.3 Å². The van der Waals surface area contributed by atoms with Crippen molar-refractivity contribution in [2.75, 3.05) is 11.5 Å². The van der Waals surface area contributed by atoms with Crippen molar-refractivity contribution < 1.29 is 33.6 Å². The van der Waals surface area contributed by atoms with Gasteiger partial charge in [0.15, 0.2) is 16.7 Å². The number of benzene rings is 2. The maximum Gasteiger partial charge on any atom is 0.350 e. The molecule has 0 saturated heterocycles. The molecule has 0 fully saturated rings. The van der Waals surface area contributed by atoms with E-state index in [4.69, 9.17) is 9.15 Å². The van der Waals surface area contributed by atoms with Gasteiger partial charge in [-0.05, 0) is 31.5 Å². The van der Waals surface area contributed by atoms with Crippen LogP contribution in [0.4, 0.5) is 10.8 Å². The molecule has 2 aromatic heterocycles. The SMILES string of the molecule is CCOC(=O)c1sc(N2C(=O)C(O)=C(C(=O)c3cc4ccccc4o3)C2c2cccc([N+](=O)[O-])c2)nc1C. The molecule has 1 aliphatic heterocycles. The van der Waals surface area contributed by atoms with Crippen molar-refractivity contribution in [3.05, 3.63) is 97.9 Å². The number of Topliss-reactive ketones (excluding diaryl/α,β-unsaturated/α-hetero) is 1. The van der Waals surface area contributed by atoms with Gasteiger partial charge in [-0.2, -0.15) is 0 Å². The number of carbonyl (C=O) groups excluding carboxylic acids is 3. The van der Waals surface area contributed by atoms with Crippen molar-refractivity contribution in [2.24, 2.45) is 0 Å². The van der Waals surface area contributed by atoms with Crippen LogP contribution in [0.2, 0.25) is 0 Å². The molecule has 2 aromatic carbocycles. The lowest BCUT2D eigenvalue weighted by molar-refractivity contribution is -0.384. The first-order valence-electron chi connectivity index (χ1n) is 11.4. The summed E-state index contributed by atoms with van der Waals surface area (Å²) in [5.41, 5.74) is 0.283. The Bertz CT molecular complexity index is 1630. The maximum absolute atomic E-state index is 13.7. The Kier molecular flexibility index (Phi) is 6.25. The summed E-state index contributed by atoms with van der Waals surface area (Å²) in [6, 6.07) is 12.5. The molecule has 1 N–H and O–H groups in total. The zero-order valence-corrected chi connectivity index (χ0v) is 20.9. The molecule has 1 amide bonds. The van der Waals surface area contributed by atoms with Gasteiger partial charge in [-0.1, -0.05) is 41.7 Å². The number of rotatable bonds is 7. The molecular weight excluding hydrogens is 514 g/mol. The van der Waals surface area contributed by atoms with Gasteiger partial charge in [-0.3, -0.25) is 24.6 Å². The summed E-state index contributed by atoms with van der Waals surface area (Å²) in [6.07, 6.45) is 0. The normalized spacial score (nSPS) is 15.4. The molecule has 11 nitrogen and oxygen atoms in total. The number of non-ortho nitro benzene ring substituents is 1. The third-order valence-electron chi connectivity index (χ3n) is 5.95. The van der Waals surface area contributed by atoms with Gasteiger partial charge in [0.2, 0.25) is 5.78 Å². The number of aromatic nitrogens is 1. The Morgan fingerprint density at radius 3 is 2.68 bits per heavy atom. The molecule has 1 unspecified atom stereocenters. The van der Waals surface area contributed by atoms with E-state index in [0.29, 0.717) is 11.0 Å². The minimum absolute atomic E-state index is 0.00557. The molecule has 0 aliphatic carbocycles. The number of fused-ring (bicyclic) bond motifs is 1. The fourth-order valence-electron chi connectivity index (χ4n) is 4.26. The minimum atomic E-state index is -1.29. The van der Waals surface area contributed by atoms with Crippen LogP contribution in [-0.2, 0) is 9.53 Å². The number of anilines is 1. The lowest BCUT2D eigenvalue weighted by atomic mass is 9.95. The number of nitrogens with zero attached hydrogens (tertiary/aromatic N) is 3. The minimum Gasteiger partial charge on any atom is -0.503 e. The second kappa shape index (κ2) is 9.56. The van der Waals surface area contributed by atoms with Crippen LogP contribution in [0.3, 0.4) is 0 Å². The number of hydrogen-bond donors (Lipinski definition) is 1. The summed E-state index contributed by atoms with van der Waals surface area (Å²) >= 11 is 0.846. The predicted octanol–water partition coefficient (Wildman–Crippen LogP) is 5.07. The number of ether oxygens (including phenoxy) is 1. The van der Waals surface area contributed by atoms with E-state index in [0.717, 1.165) is 16.2 Å². The highest BCUT2D eigenvalue weighted by molar-refractivity contribution is 7.17. The van der Waals surface area contributed by atoms with Crippen LogP contribution in [0.1, 0.15) is 44.4 Å². The van der Waals surface area contributed by atoms with Crippen LogP contribution in [0.25, 0.3) is 11.0 Å². The molecule has 4 aromatic rings. The second-order valence-electron chi connectivity index (χ2n) is 8.30. The molecule has 0 saturated carbocycles. The van der Waals surface area contributed by atoms with E-state index in [-0.39, 0.29) is 44.9 Å². The zero-order chi connectivity index (χ0) is 27.1. The molecule has 38 heavy (non-hydrogen) atoms. The van der Waals surface area contributed by atoms with E-state index in [9.17, 15) is 29.6 Å². The van der Waals surface area contributed by atoms with E-state index >= 15 is 0 Å². The first-order valence-corrected chi connectivity index (χ1v) is 12.2. The van der Waals surface area contributed by atoms with Gasteiger partial charge in [-0.25, -0.2) is 9.78 Å². The highest BCUT2D eigenvalue weighted by atomic mass is 32.1. The molecule has 12 heteroatoms. The molecule has 5 rings (SSSR count). The first-order chi connectivity index (χ1) is 18.2. The van der Waals surface area contributed by atoms with Gasteiger partial charge in [0.25, 0.3) is 11.6 Å². The number of ketones is 1. The van der Waals surface area contributed by atoms with Crippen molar-refractivity contribution in [1.82, 2.24) is 4.98 Å². The number of thiazole rings is 1. The third-order valence-corrected chi connectivity index (χ3v) is 7.09. The van der Waals surface area contributed by atoms with Gasteiger partial charge in [0.05, 0.1) is 28.8 Å². The summed E-state index contributed by atoms with van der Waals surface area (Å²) in [6.45, 7) is 3.33. The van der Waals surface area contributed by atoms with Crippen molar-refractivity contribution in [3.8, 4) is 0 Å². The number of carbonyl (C=O) groups is 3. The topological polar surface area (TPSA) is 153 Å². The van der Waals surface area contributed by atoms with Crippen LogP contribution < -0.4 is 4.90 Å². The monoisotopic (exact) mass is 533 g/mol. The molecule has 0 bridgehead atoms. The number of aliphatic hydroxyl groups is 1. The number of hydrogen-bond acceptors (Lipinski definition) is 10. The van der Waals surface area contributed by atoms with E-state index in [2.05, 4.69) is 4.98 Å². The zero-order valence-electron chi connectivity index (χ0n) is 20.0. The van der Waals surface area contributed by atoms with Crippen molar-refractivity contribution >= 4 is 50.8 Å². The average molecular weight is 534 g/mol. The first kappa shape index (κ1) is 24.8. The number of nitro groups is 1. The summed E-state index contributed by atoms with van der Waals surface area (Å²) < 4.78 is 10.7. The second-order valence-corrected chi connectivity index (χ2v) is 9.28. The smallest absolute Gasteiger partial charge is 0.350 e. The third kappa shape index (κ3) is 4.10. The summed E-state index contributed by atoms with van der Waals surface area (Å²) in [4.78, 5) is 55.9. The Hall–Kier alpha value is -4.84. The number of esters is 1. The molecule has 3 heterocycles. The molecule has 1 atom stereocenters. The number of furan rings is 1. The highest BCUT2D eigenvalue weighted by Gasteiger charge is 2.47. The summed E-state index contributed by atoms with van der Waals surface area (Å²) in [7, 11) is 0. The van der Waals surface area contributed by atoms with Gasteiger partial charge in [-0.15, -0.1) is 0 Å². The Balaban J connectivity index is 1.66. The van der Waals surface area contributed by atoms with Crippen molar-refractivity contribution in [1.29, 1.82) is 0 Å². The van der Waals surface area contributed by atoms with Gasteiger partial charge in [0, 0.05) is 17.5 Å². The number of aryl methyl sites for hydroxylation is 1. The van der Waals surface area contributed by atoms with Gasteiger partial charge in [0.1, 0.15) is 10.5 Å². The number of amides is 1. The summed E-state index contributed by atoms with van der Waals surface area (Å²) in [5, 5.41) is 23.1. The molecule has 1 aliphatic rings. The van der Waals surface area contributed by atoms with Gasteiger partial charge >= 0.3 is 5.97 Å². The van der Waals surface area contributed by atoms with Crippen LogP contribution in [-0.4, -0.2) is 39.3 Å². The average Bonchev–Trinajstić information content (AvgIpc) is 3.58. The molecular formula is C26H19N3O8S. The summed E-state index contributed by atoms with van der Waals surface area (Å²) in [5.74, 6) is -3.34. The van der Waals surface area contributed by atoms with E-state index in [1.807, 2.05) is 0 Å². The lowest BCUT2D eigenvalue weighted by Gasteiger charge is -2.24. The van der Waals surface area contributed by atoms with E-state index < -0.39 is 34.4 Å². The molecule has 192 valence electrons. The van der Waals surface area contributed by atoms with Gasteiger partial charge < -0.3 is 14.3 Å². The molecule has 0 radical (unpaired) electrons. The largest absolute Gasteiger partial charge is 0.503 e. The Labute approximate surface area is 218 Å². The Morgan fingerprint density at radius 1 is 1.21 bits per heavy atom.